The molecule has 0 saturated heterocycles. The summed E-state index contributed by atoms with van der Waals surface area (Å²) >= 11 is 9.75. The first-order valence-corrected chi connectivity index (χ1v) is 12.9. The van der Waals surface area contributed by atoms with E-state index in [0.29, 0.717) is 33.1 Å². The number of rotatable bonds is 7. The standard InChI is InChI=1S/C26H27BrClN3O5/c1-15(26(33)35-3)36-23-17(11-19(28)13-22(23)34-2)14-29-31-24(16-7-5-4-6-8-16)30-21-10-9-18(27)12-20(21)25(31)32/h9-16H,4-8H2,1-3H3/t15-/m0/s1. The number of hydrogen-bond donors (Lipinski definition) is 0. The molecular weight excluding hydrogens is 550 g/mol. The van der Waals surface area contributed by atoms with Crippen LogP contribution in [-0.4, -0.2) is 42.2 Å². The van der Waals surface area contributed by atoms with Gasteiger partial charge in [0.05, 0.1) is 31.3 Å². The zero-order valence-corrected chi connectivity index (χ0v) is 22.6. The number of carbonyl (C=O) groups is 1. The van der Waals surface area contributed by atoms with Crippen LogP contribution in [0.3, 0.4) is 0 Å². The molecule has 0 spiro atoms. The summed E-state index contributed by atoms with van der Waals surface area (Å²) in [4.78, 5) is 30.4. The van der Waals surface area contributed by atoms with Crippen LogP contribution in [-0.2, 0) is 9.53 Å². The Bertz CT molecular complexity index is 1370. The van der Waals surface area contributed by atoms with Crippen molar-refractivity contribution in [2.24, 2.45) is 5.10 Å². The van der Waals surface area contributed by atoms with E-state index < -0.39 is 12.1 Å². The molecule has 3 aromatic rings. The van der Waals surface area contributed by atoms with Crippen molar-refractivity contribution in [1.82, 2.24) is 9.66 Å². The predicted octanol–water partition coefficient (Wildman–Crippen LogP) is 5.69. The maximum atomic E-state index is 13.6. The molecule has 0 aliphatic heterocycles. The fourth-order valence-corrected chi connectivity index (χ4v) is 4.95. The molecule has 1 saturated carbocycles. The van der Waals surface area contributed by atoms with Crippen molar-refractivity contribution in [3.05, 3.63) is 61.6 Å². The van der Waals surface area contributed by atoms with Crippen LogP contribution in [0.5, 0.6) is 11.5 Å². The van der Waals surface area contributed by atoms with Crippen molar-refractivity contribution in [3.63, 3.8) is 0 Å². The zero-order valence-electron chi connectivity index (χ0n) is 20.3. The van der Waals surface area contributed by atoms with Gasteiger partial charge in [0, 0.05) is 27.0 Å². The predicted molar refractivity (Wildman–Crippen MR) is 143 cm³/mol. The van der Waals surface area contributed by atoms with E-state index in [-0.39, 0.29) is 17.2 Å². The number of aromatic nitrogens is 2. The second-order valence-corrected chi connectivity index (χ2v) is 9.99. The second-order valence-electron chi connectivity index (χ2n) is 8.64. The number of halogens is 2. The first-order chi connectivity index (χ1) is 17.3. The van der Waals surface area contributed by atoms with Gasteiger partial charge in [-0.15, -0.1) is 0 Å². The number of esters is 1. The summed E-state index contributed by atoms with van der Waals surface area (Å²) < 4.78 is 18.2. The lowest BCUT2D eigenvalue weighted by Crippen LogP contribution is -2.26. The topological polar surface area (TPSA) is 92.0 Å². The summed E-state index contributed by atoms with van der Waals surface area (Å²) in [5.41, 5.74) is 0.805. The van der Waals surface area contributed by atoms with Crippen LogP contribution in [0.25, 0.3) is 10.9 Å². The first-order valence-electron chi connectivity index (χ1n) is 11.7. The first kappa shape index (κ1) is 26.2. The second kappa shape index (κ2) is 11.4. The summed E-state index contributed by atoms with van der Waals surface area (Å²) in [6, 6.07) is 8.66. The number of nitrogens with zero attached hydrogens (tertiary/aromatic N) is 3. The van der Waals surface area contributed by atoms with Crippen LogP contribution < -0.4 is 15.0 Å². The van der Waals surface area contributed by atoms with Gasteiger partial charge in [0.2, 0.25) is 0 Å². The lowest BCUT2D eigenvalue weighted by atomic mass is 9.88. The highest BCUT2D eigenvalue weighted by molar-refractivity contribution is 9.10. The SMILES string of the molecule is COC(=O)[C@H](C)Oc1c(C=Nn2c(C3CCCCC3)nc3ccc(Br)cc3c2=O)cc(Cl)cc1OC. The summed E-state index contributed by atoms with van der Waals surface area (Å²) in [6.07, 6.45) is 5.80. The molecule has 1 aliphatic carbocycles. The van der Waals surface area contributed by atoms with E-state index in [1.165, 1.54) is 31.5 Å². The third-order valence-corrected chi connectivity index (χ3v) is 6.92. The van der Waals surface area contributed by atoms with Gasteiger partial charge < -0.3 is 14.2 Å². The number of carbonyl (C=O) groups excluding carboxylic acids is 1. The summed E-state index contributed by atoms with van der Waals surface area (Å²) in [5, 5.41) is 5.41. The maximum Gasteiger partial charge on any atom is 0.346 e. The lowest BCUT2D eigenvalue weighted by Gasteiger charge is -2.23. The monoisotopic (exact) mass is 575 g/mol. The third kappa shape index (κ3) is 5.57. The van der Waals surface area contributed by atoms with Crippen LogP contribution in [0.4, 0.5) is 0 Å². The van der Waals surface area contributed by atoms with Crippen LogP contribution in [0.2, 0.25) is 5.02 Å². The van der Waals surface area contributed by atoms with Crippen LogP contribution in [0.1, 0.15) is 56.3 Å². The minimum atomic E-state index is -0.905. The summed E-state index contributed by atoms with van der Waals surface area (Å²) in [5.74, 6) is 0.785. The normalized spacial score (nSPS) is 15.2. The fourth-order valence-electron chi connectivity index (χ4n) is 4.38. The van der Waals surface area contributed by atoms with Gasteiger partial charge in [-0.2, -0.15) is 9.78 Å². The Morgan fingerprint density at radius 2 is 1.97 bits per heavy atom. The molecule has 1 heterocycles. The fraction of sp³-hybridized carbons (Fsp3) is 0.385. The number of benzene rings is 2. The van der Waals surface area contributed by atoms with Crippen LogP contribution in [0, 0.1) is 0 Å². The van der Waals surface area contributed by atoms with Gasteiger partial charge in [0.15, 0.2) is 17.6 Å². The van der Waals surface area contributed by atoms with Gasteiger partial charge in [-0.3, -0.25) is 4.79 Å². The molecule has 8 nitrogen and oxygen atoms in total. The molecule has 1 fully saturated rings. The van der Waals surface area contributed by atoms with Gasteiger partial charge in [0.1, 0.15) is 5.82 Å². The van der Waals surface area contributed by atoms with E-state index in [2.05, 4.69) is 21.0 Å². The highest BCUT2D eigenvalue weighted by atomic mass is 79.9. The smallest absolute Gasteiger partial charge is 0.346 e. The van der Waals surface area contributed by atoms with Crippen molar-refractivity contribution >= 4 is 50.6 Å². The van der Waals surface area contributed by atoms with E-state index >= 15 is 0 Å². The van der Waals surface area contributed by atoms with Crippen LogP contribution in [0.15, 0.2) is 44.7 Å². The minimum Gasteiger partial charge on any atom is -0.493 e. The van der Waals surface area contributed by atoms with E-state index in [1.807, 2.05) is 12.1 Å². The Morgan fingerprint density at radius 1 is 1.22 bits per heavy atom. The highest BCUT2D eigenvalue weighted by Gasteiger charge is 2.24. The van der Waals surface area contributed by atoms with Gasteiger partial charge >= 0.3 is 5.97 Å². The molecule has 1 aliphatic rings. The van der Waals surface area contributed by atoms with Gasteiger partial charge in [0.25, 0.3) is 5.56 Å². The summed E-state index contributed by atoms with van der Waals surface area (Å²) in [7, 11) is 2.76. The largest absolute Gasteiger partial charge is 0.493 e. The Labute approximate surface area is 222 Å². The van der Waals surface area contributed by atoms with Crippen molar-refractivity contribution in [1.29, 1.82) is 0 Å². The molecule has 0 N–H and O–H groups in total. The lowest BCUT2D eigenvalue weighted by molar-refractivity contribution is -0.147. The third-order valence-electron chi connectivity index (χ3n) is 6.21. The average Bonchev–Trinajstić information content (AvgIpc) is 2.89. The van der Waals surface area contributed by atoms with Gasteiger partial charge in [-0.05, 0) is 44.0 Å². The molecule has 1 aromatic heterocycles. The average molecular weight is 577 g/mol. The molecule has 4 rings (SSSR count). The minimum absolute atomic E-state index is 0.126. The van der Waals surface area contributed by atoms with Gasteiger partial charge in [-0.25, -0.2) is 9.78 Å². The zero-order chi connectivity index (χ0) is 25.8. The van der Waals surface area contributed by atoms with Crippen LogP contribution >= 0.6 is 27.5 Å². The van der Waals surface area contributed by atoms with E-state index in [0.717, 1.165) is 30.2 Å². The molecule has 0 bridgehead atoms. The van der Waals surface area contributed by atoms with Crippen molar-refractivity contribution in [2.45, 2.75) is 51.0 Å². The molecule has 10 heteroatoms. The number of hydrogen-bond acceptors (Lipinski definition) is 7. The van der Waals surface area contributed by atoms with E-state index in [9.17, 15) is 9.59 Å². The molecule has 190 valence electrons. The van der Waals surface area contributed by atoms with E-state index in [4.69, 9.17) is 30.8 Å². The molecule has 2 aromatic carbocycles. The van der Waals surface area contributed by atoms with Crippen molar-refractivity contribution in [2.75, 3.05) is 14.2 Å². The quantitative estimate of drug-likeness (QED) is 0.265. The molecule has 36 heavy (non-hydrogen) atoms. The Morgan fingerprint density at radius 3 is 2.67 bits per heavy atom. The molecule has 1 atom stereocenters. The Hall–Kier alpha value is -2.91. The molecule has 0 amide bonds. The molecule has 0 unspecified atom stereocenters. The highest BCUT2D eigenvalue weighted by Crippen LogP contribution is 2.35. The molecular formula is C26H27BrClN3O5. The Kier molecular flexibility index (Phi) is 8.31. The van der Waals surface area contributed by atoms with Crippen molar-refractivity contribution in [3.8, 4) is 11.5 Å². The summed E-state index contributed by atoms with van der Waals surface area (Å²) in [6.45, 7) is 1.57. The maximum absolute atomic E-state index is 13.6. The number of ether oxygens (including phenoxy) is 3. The number of fused-ring (bicyclic) bond motifs is 1. The Balaban J connectivity index is 1.85. The van der Waals surface area contributed by atoms with E-state index in [1.54, 1.807) is 25.1 Å². The van der Waals surface area contributed by atoms with Crippen molar-refractivity contribution < 1.29 is 19.0 Å². The van der Waals surface area contributed by atoms with Gasteiger partial charge in [-0.1, -0.05) is 46.8 Å². The number of methoxy groups -OCH3 is 2. The molecule has 0 radical (unpaired) electrons.